The third-order valence-corrected chi connectivity index (χ3v) is 16.8. The molecule has 6 amide bonds. The van der Waals surface area contributed by atoms with Gasteiger partial charge in [-0.25, -0.2) is 0 Å². The lowest BCUT2D eigenvalue weighted by atomic mass is 9.78. The molecule has 5 aliphatic heterocycles. The zero-order chi connectivity index (χ0) is 52.4. The molecular formula is C51H72F3N11O9. The van der Waals surface area contributed by atoms with Crippen LogP contribution in [0.4, 0.5) is 18.9 Å². The molecule has 406 valence electrons. The summed E-state index contributed by atoms with van der Waals surface area (Å²) in [5.74, 6) is -2.73. The minimum absolute atomic E-state index is 0.0138. The number of likely N-dealkylation sites (tertiary alicyclic amines) is 1. The summed E-state index contributed by atoms with van der Waals surface area (Å²) in [7, 11) is 0. The van der Waals surface area contributed by atoms with Gasteiger partial charge in [0.25, 0.3) is 5.56 Å². The molecule has 2 aromatic rings. The van der Waals surface area contributed by atoms with E-state index in [-0.39, 0.29) is 85.4 Å². The highest BCUT2D eigenvalue weighted by molar-refractivity contribution is 6.02. The Hall–Kier alpha value is -5.42. The first-order chi connectivity index (χ1) is 35.5. The number of alkyl halides is 3. The van der Waals surface area contributed by atoms with Gasteiger partial charge in [0.2, 0.25) is 41.2 Å². The molecule has 9 unspecified atom stereocenters. The van der Waals surface area contributed by atoms with Gasteiger partial charge >= 0.3 is 6.18 Å². The second-order valence-corrected chi connectivity index (χ2v) is 21.6. The number of carbonyl (C=O) groups excluding carboxylic acids is 6. The molecule has 23 heteroatoms. The van der Waals surface area contributed by atoms with E-state index in [1.54, 1.807) is 26.2 Å². The molecule has 4 saturated heterocycles. The van der Waals surface area contributed by atoms with Crippen molar-refractivity contribution < 1.29 is 51.8 Å². The third kappa shape index (κ3) is 11.5. The minimum Gasteiger partial charge on any atom is -0.391 e. The number of ether oxygens (including phenoxy) is 1. The zero-order valence-corrected chi connectivity index (χ0v) is 42.6. The van der Waals surface area contributed by atoms with Gasteiger partial charge in [0.15, 0.2) is 5.82 Å². The van der Waals surface area contributed by atoms with E-state index in [9.17, 15) is 51.8 Å². The average Bonchev–Trinajstić information content (AvgIpc) is 3.98. The molecule has 7 aliphatic rings. The largest absolute Gasteiger partial charge is 0.391 e. The first-order valence-corrected chi connectivity index (χ1v) is 27.1. The number of amides is 6. The van der Waals surface area contributed by atoms with Crippen molar-refractivity contribution in [3.63, 3.8) is 0 Å². The number of carbonyl (C=O) groups is 6. The quantitative estimate of drug-likeness (QED) is 0.148. The van der Waals surface area contributed by atoms with Crippen LogP contribution in [0.3, 0.4) is 0 Å². The summed E-state index contributed by atoms with van der Waals surface area (Å²) in [5.41, 5.74) is 1.15. The highest BCUT2D eigenvalue weighted by Crippen LogP contribution is 2.41. The van der Waals surface area contributed by atoms with Crippen LogP contribution in [0.25, 0.3) is 11.4 Å². The minimum atomic E-state index is -4.30. The highest BCUT2D eigenvalue weighted by Gasteiger charge is 2.49. The van der Waals surface area contributed by atoms with E-state index >= 15 is 0 Å². The molecule has 74 heavy (non-hydrogen) atoms. The summed E-state index contributed by atoms with van der Waals surface area (Å²) in [4.78, 5) is 105. The van der Waals surface area contributed by atoms with Crippen molar-refractivity contribution in [1.29, 1.82) is 0 Å². The number of anilines is 1. The normalized spacial score (nSPS) is 29.1. The fraction of sp³-hybridized carbons (Fsp3) is 0.745. The van der Waals surface area contributed by atoms with Crippen molar-refractivity contribution in [2.75, 3.05) is 63.9 Å². The summed E-state index contributed by atoms with van der Waals surface area (Å²) in [6.45, 7) is 6.95. The van der Waals surface area contributed by atoms with Crippen LogP contribution in [0.15, 0.2) is 10.9 Å². The molecule has 0 bridgehead atoms. The van der Waals surface area contributed by atoms with Gasteiger partial charge in [-0.1, -0.05) is 26.3 Å². The smallest absolute Gasteiger partial charge is 0.391 e. The molecule has 2 saturated carbocycles. The predicted octanol–water partition coefficient (Wildman–Crippen LogP) is 2.32. The average molecular weight is 1040 g/mol. The van der Waals surface area contributed by atoms with E-state index in [0.29, 0.717) is 115 Å². The Morgan fingerprint density at radius 2 is 1.73 bits per heavy atom. The molecular weight excluding hydrogens is 968 g/mol. The maximum atomic E-state index is 14.6. The van der Waals surface area contributed by atoms with Gasteiger partial charge in [-0.2, -0.15) is 22.7 Å². The molecule has 20 nitrogen and oxygen atoms in total. The lowest BCUT2D eigenvalue weighted by Gasteiger charge is -2.39. The molecule has 2 aliphatic carbocycles. The number of hydrogen-bond donors (Lipinski definition) is 4. The summed E-state index contributed by atoms with van der Waals surface area (Å²) in [5, 5.41) is 23.7. The first kappa shape index (κ1) is 53.4. The number of hydrogen-bond acceptors (Lipinski definition) is 13. The lowest BCUT2D eigenvalue weighted by molar-refractivity contribution is -0.186. The number of imide groups is 1. The number of piperazine rings is 1. The van der Waals surface area contributed by atoms with Crippen molar-refractivity contribution in [2.24, 2.45) is 23.7 Å². The van der Waals surface area contributed by atoms with Gasteiger partial charge in [-0.15, -0.1) is 5.10 Å². The van der Waals surface area contributed by atoms with Crippen LogP contribution in [0.1, 0.15) is 122 Å². The number of aliphatic hydroxyl groups is 1. The second kappa shape index (κ2) is 22.8. The maximum absolute atomic E-state index is 14.6. The molecule has 6 fully saturated rings. The van der Waals surface area contributed by atoms with Gasteiger partial charge in [0, 0.05) is 77.2 Å². The number of nitrogens with zero attached hydrogens (tertiary/aromatic N) is 8. The number of rotatable bonds is 15. The van der Waals surface area contributed by atoms with Crippen LogP contribution in [-0.2, 0) is 46.5 Å². The fourth-order valence-electron chi connectivity index (χ4n) is 12.6. The standard InChI is InChI=1S/C51H72F3N11O9/c1-3-37-44(61-21-23-62(24-22-61)48(72)43-39(66)8-7-18-55-43)49(73)65-50(64(37)29-41(68)56-36-13-11-33(26-30(36)2)51(52,53)54)58-45(59-65)31-16-19-60(20-17-31)42(69)9-5-4-6-25-74-34-12-10-32-28-63(47(71)35(32)27-34)38-14-15-40(67)57-46(38)70/h16,30,32-36,38-39,43,55,66H,3-15,17-29H2,1-2H3,(H,56,68)(H,57,67,70). The SMILES string of the molecule is CCc1c(N2CCN(C(=O)C3NCCCC3O)CC2)c(=O)n2nc(C3=CCN(C(=O)CCCCCOC4CCC5CN(C6CCC(=O)NC6=O)C(=O)C5C4)CC3)nc2n1CC(=O)NC1CCC(C(F)(F)F)CC1C. The fourth-order valence-corrected chi connectivity index (χ4v) is 12.6. The summed E-state index contributed by atoms with van der Waals surface area (Å²) in [6.07, 6.45) is 4.31. The van der Waals surface area contributed by atoms with Gasteiger partial charge in [-0.05, 0) is 107 Å². The van der Waals surface area contributed by atoms with E-state index in [1.807, 2.05) is 17.9 Å². The van der Waals surface area contributed by atoms with Crippen LogP contribution in [0, 0.1) is 23.7 Å². The van der Waals surface area contributed by atoms with Crippen LogP contribution >= 0.6 is 0 Å². The maximum Gasteiger partial charge on any atom is 0.391 e. The Morgan fingerprint density at radius 3 is 2.43 bits per heavy atom. The monoisotopic (exact) mass is 1040 g/mol. The van der Waals surface area contributed by atoms with E-state index < -0.39 is 59.6 Å². The van der Waals surface area contributed by atoms with Crippen LogP contribution in [0.2, 0.25) is 0 Å². The van der Waals surface area contributed by atoms with Crippen molar-refractivity contribution in [1.82, 2.24) is 49.8 Å². The van der Waals surface area contributed by atoms with Crippen molar-refractivity contribution >= 4 is 52.5 Å². The Balaban J connectivity index is 0.814. The van der Waals surface area contributed by atoms with Crippen molar-refractivity contribution in [3.05, 3.63) is 27.9 Å². The van der Waals surface area contributed by atoms with E-state index in [0.717, 1.165) is 37.7 Å². The summed E-state index contributed by atoms with van der Waals surface area (Å²) in [6, 6.07) is -1.75. The lowest BCUT2D eigenvalue weighted by Crippen LogP contribution is -2.59. The summed E-state index contributed by atoms with van der Waals surface area (Å²) >= 11 is 0. The summed E-state index contributed by atoms with van der Waals surface area (Å²) < 4.78 is 49.9. The Morgan fingerprint density at radius 1 is 0.932 bits per heavy atom. The Bertz CT molecular complexity index is 2540. The van der Waals surface area contributed by atoms with Gasteiger partial charge in [-0.3, -0.25) is 38.9 Å². The molecule has 2 aromatic heterocycles. The second-order valence-electron chi connectivity index (χ2n) is 21.6. The number of halogens is 3. The number of aromatic nitrogens is 4. The van der Waals surface area contributed by atoms with Crippen LogP contribution < -0.4 is 26.4 Å². The molecule has 0 radical (unpaired) electrons. The van der Waals surface area contributed by atoms with Crippen LogP contribution in [-0.4, -0.2) is 170 Å². The predicted molar refractivity (Wildman–Crippen MR) is 263 cm³/mol. The van der Waals surface area contributed by atoms with Crippen LogP contribution in [0.5, 0.6) is 0 Å². The van der Waals surface area contributed by atoms with Crippen molar-refractivity contribution in [3.8, 4) is 0 Å². The molecule has 9 atom stereocenters. The molecule has 9 rings (SSSR count). The van der Waals surface area contributed by atoms with E-state index in [4.69, 9.17) is 14.8 Å². The number of unbranched alkanes of at least 4 members (excludes halogenated alkanes) is 2. The molecule has 4 N–H and O–H groups in total. The number of piperidine rings is 2. The zero-order valence-electron chi connectivity index (χ0n) is 42.6. The highest BCUT2D eigenvalue weighted by atomic mass is 19.4. The molecule has 0 spiro atoms. The Kier molecular flexibility index (Phi) is 16.5. The number of aliphatic hydroxyl groups excluding tert-OH is 1. The molecule has 0 aromatic carbocycles. The number of nitrogens with one attached hydrogen (secondary N) is 3. The first-order valence-electron chi connectivity index (χ1n) is 27.1. The van der Waals surface area contributed by atoms with Gasteiger partial charge in [0.1, 0.15) is 24.3 Å². The topological polar surface area (TPSA) is 233 Å². The van der Waals surface area contributed by atoms with E-state index in [2.05, 4.69) is 16.0 Å². The molecule has 7 heterocycles. The third-order valence-electron chi connectivity index (χ3n) is 16.8. The van der Waals surface area contributed by atoms with E-state index in [1.165, 1.54) is 4.52 Å². The Labute approximate surface area is 428 Å². The van der Waals surface area contributed by atoms with Gasteiger partial charge in [0.05, 0.1) is 23.8 Å². The van der Waals surface area contributed by atoms with Gasteiger partial charge < -0.3 is 44.6 Å². The number of fused-ring (bicyclic) bond motifs is 2. The van der Waals surface area contributed by atoms with Crippen molar-refractivity contribution in [2.45, 2.75) is 160 Å².